The Balaban J connectivity index is 1.94. The second-order valence-electron chi connectivity index (χ2n) is 5.28. The first-order chi connectivity index (χ1) is 11.1. The van der Waals surface area contributed by atoms with Crippen molar-refractivity contribution in [2.24, 2.45) is 0 Å². The summed E-state index contributed by atoms with van der Waals surface area (Å²) in [5.41, 5.74) is 1.33. The van der Waals surface area contributed by atoms with E-state index in [0.29, 0.717) is 5.56 Å². The third-order valence-corrected chi connectivity index (χ3v) is 3.66. The average Bonchev–Trinajstić information content (AvgIpc) is 2.59. The molecular formula is C18H20FNO3. The third-order valence-electron chi connectivity index (χ3n) is 3.66. The lowest BCUT2D eigenvalue weighted by Gasteiger charge is -2.26. The number of benzene rings is 2. The number of likely N-dealkylation sites (N-methyl/N-ethyl adjacent to an activating group) is 1. The van der Waals surface area contributed by atoms with Crippen LogP contribution in [0.4, 0.5) is 9.18 Å². The van der Waals surface area contributed by atoms with Gasteiger partial charge >= 0.3 is 6.09 Å². The minimum Gasteiger partial charge on any atom is -0.445 e. The van der Waals surface area contributed by atoms with Gasteiger partial charge in [-0.3, -0.25) is 0 Å². The Morgan fingerprint density at radius 3 is 2.48 bits per heavy atom. The van der Waals surface area contributed by atoms with E-state index >= 15 is 0 Å². The molecule has 2 aromatic carbocycles. The Labute approximate surface area is 135 Å². The number of aliphatic hydroxyl groups excluding tert-OH is 1. The zero-order chi connectivity index (χ0) is 16.7. The van der Waals surface area contributed by atoms with E-state index in [0.717, 1.165) is 5.56 Å². The molecular weight excluding hydrogens is 297 g/mol. The Kier molecular flexibility index (Phi) is 6.11. The standard InChI is InChI=1S/C18H20FNO3/c1-20(18(22)23-13-14-7-3-2-4-8-14)16(12-21)11-15-9-5-6-10-17(15)19/h2-10,16,21H,11-13H2,1H3/t16-/m1/s1. The van der Waals surface area contributed by atoms with E-state index < -0.39 is 12.1 Å². The number of amides is 1. The summed E-state index contributed by atoms with van der Waals surface area (Å²) in [5.74, 6) is -0.350. The Morgan fingerprint density at radius 1 is 1.17 bits per heavy atom. The smallest absolute Gasteiger partial charge is 0.410 e. The molecule has 2 rings (SSSR count). The monoisotopic (exact) mass is 317 g/mol. The molecule has 0 aliphatic rings. The normalized spacial score (nSPS) is 11.8. The molecule has 1 atom stereocenters. The summed E-state index contributed by atoms with van der Waals surface area (Å²) in [6.45, 7) is -0.118. The summed E-state index contributed by atoms with van der Waals surface area (Å²) in [4.78, 5) is 13.4. The van der Waals surface area contributed by atoms with Crippen LogP contribution in [-0.2, 0) is 17.8 Å². The first kappa shape index (κ1) is 17.0. The molecule has 0 aliphatic carbocycles. The summed E-state index contributed by atoms with van der Waals surface area (Å²) in [6, 6.07) is 15.1. The van der Waals surface area contributed by atoms with Gasteiger partial charge in [0, 0.05) is 7.05 Å². The van der Waals surface area contributed by atoms with Crippen molar-refractivity contribution in [3.8, 4) is 0 Å². The average molecular weight is 317 g/mol. The van der Waals surface area contributed by atoms with E-state index in [9.17, 15) is 14.3 Å². The molecule has 2 aromatic rings. The van der Waals surface area contributed by atoms with Crippen LogP contribution in [0.3, 0.4) is 0 Å². The number of carbonyl (C=O) groups is 1. The summed E-state index contributed by atoms with van der Waals surface area (Å²) >= 11 is 0. The fourth-order valence-electron chi connectivity index (χ4n) is 2.21. The van der Waals surface area contributed by atoms with Crippen LogP contribution < -0.4 is 0 Å². The van der Waals surface area contributed by atoms with Gasteiger partial charge in [0.2, 0.25) is 0 Å². The molecule has 0 spiro atoms. The molecule has 23 heavy (non-hydrogen) atoms. The summed E-state index contributed by atoms with van der Waals surface area (Å²) in [5, 5.41) is 9.51. The zero-order valence-electron chi connectivity index (χ0n) is 13.0. The van der Waals surface area contributed by atoms with Crippen LogP contribution in [0.1, 0.15) is 11.1 Å². The molecule has 122 valence electrons. The topological polar surface area (TPSA) is 49.8 Å². The number of nitrogens with zero attached hydrogens (tertiary/aromatic N) is 1. The van der Waals surface area contributed by atoms with Crippen molar-refractivity contribution < 1.29 is 19.0 Å². The van der Waals surface area contributed by atoms with Gasteiger partial charge in [-0.05, 0) is 23.6 Å². The molecule has 0 saturated heterocycles. The molecule has 0 fully saturated rings. The first-order valence-electron chi connectivity index (χ1n) is 7.39. The van der Waals surface area contributed by atoms with Gasteiger partial charge < -0.3 is 14.7 Å². The number of carbonyl (C=O) groups excluding carboxylic acids is 1. The van der Waals surface area contributed by atoms with E-state index in [2.05, 4.69) is 0 Å². The van der Waals surface area contributed by atoms with Gasteiger partial charge in [0.15, 0.2) is 0 Å². The molecule has 0 saturated carbocycles. The molecule has 0 bridgehead atoms. The predicted molar refractivity (Wildman–Crippen MR) is 85.4 cm³/mol. The maximum atomic E-state index is 13.7. The Bertz CT molecular complexity index is 633. The van der Waals surface area contributed by atoms with Crippen molar-refractivity contribution in [1.29, 1.82) is 0 Å². The van der Waals surface area contributed by atoms with Gasteiger partial charge in [-0.15, -0.1) is 0 Å². The SMILES string of the molecule is CN(C(=O)OCc1ccccc1)[C@@H](CO)Cc1ccccc1F. The van der Waals surface area contributed by atoms with Gasteiger partial charge in [0.1, 0.15) is 12.4 Å². The van der Waals surface area contributed by atoms with E-state index in [1.807, 2.05) is 30.3 Å². The van der Waals surface area contributed by atoms with E-state index in [1.54, 1.807) is 18.2 Å². The van der Waals surface area contributed by atoms with Crippen LogP contribution in [0.25, 0.3) is 0 Å². The molecule has 0 unspecified atom stereocenters. The lowest BCUT2D eigenvalue weighted by molar-refractivity contribution is 0.0759. The van der Waals surface area contributed by atoms with E-state index in [1.165, 1.54) is 18.0 Å². The molecule has 0 heterocycles. The third kappa shape index (κ3) is 4.79. The van der Waals surface area contributed by atoms with Crippen molar-refractivity contribution in [3.05, 3.63) is 71.5 Å². The number of hydrogen-bond donors (Lipinski definition) is 1. The van der Waals surface area contributed by atoms with Gasteiger partial charge in [-0.1, -0.05) is 48.5 Å². The second kappa shape index (κ2) is 8.29. The van der Waals surface area contributed by atoms with Gasteiger partial charge in [0.25, 0.3) is 0 Å². The van der Waals surface area contributed by atoms with Crippen molar-refractivity contribution in [1.82, 2.24) is 4.90 Å². The number of rotatable bonds is 6. The molecule has 1 N–H and O–H groups in total. The fraction of sp³-hybridized carbons (Fsp3) is 0.278. The highest BCUT2D eigenvalue weighted by Crippen LogP contribution is 2.13. The van der Waals surface area contributed by atoms with Crippen molar-refractivity contribution >= 4 is 6.09 Å². The van der Waals surface area contributed by atoms with Crippen molar-refractivity contribution in [3.63, 3.8) is 0 Å². The highest BCUT2D eigenvalue weighted by atomic mass is 19.1. The zero-order valence-corrected chi connectivity index (χ0v) is 13.0. The van der Waals surface area contributed by atoms with Crippen LogP contribution in [0.2, 0.25) is 0 Å². The summed E-state index contributed by atoms with van der Waals surface area (Å²) in [6.07, 6.45) is -0.329. The maximum absolute atomic E-state index is 13.7. The quantitative estimate of drug-likeness (QED) is 0.891. The van der Waals surface area contributed by atoms with Crippen LogP contribution in [0.15, 0.2) is 54.6 Å². The summed E-state index contributed by atoms with van der Waals surface area (Å²) in [7, 11) is 1.54. The molecule has 4 nitrogen and oxygen atoms in total. The lowest BCUT2D eigenvalue weighted by Crippen LogP contribution is -2.41. The van der Waals surface area contributed by atoms with Gasteiger partial charge in [-0.2, -0.15) is 0 Å². The van der Waals surface area contributed by atoms with Crippen molar-refractivity contribution in [2.75, 3.05) is 13.7 Å². The van der Waals surface area contributed by atoms with Crippen LogP contribution >= 0.6 is 0 Å². The number of ether oxygens (including phenoxy) is 1. The second-order valence-corrected chi connectivity index (χ2v) is 5.28. The molecule has 1 amide bonds. The highest BCUT2D eigenvalue weighted by Gasteiger charge is 2.22. The minimum absolute atomic E-state index is 0.155. The van der Waals surface area contributed by atoms with Crippen LogP contribution in [0.5, 0.6) is 0 Å². The van der Waals surface area contributed by atoms with E-state index in [-0.39, 0.29) is 25.5 Å². The minimum atomic E-state index is -0.552. The fourth-order valence-corrected chi connectivity index (χ4v) is 2.21. The predicted octanol–water partition coefficient (Wildman–Crippen LogP) is 3.00. The molecule has 0 radical (unpaired) electrons. The largest absolute Gasteiger partial charge is 0.445 e. The molecule has 5 heteroatoms. The Hall–Kier alpha value is -2.40. The van der Waals surface area contributed by atoms with Gasteiger partial charge in [-0.25, -0.2) is 9.18 Å². The number of aliphatic hydroxyl groups is 1. The lowest BCUT2D eigenvalue weighted by atomic mass is 10.1. The van der Waals surface area contributed by atoms with Crippen LogP contribution in [0, 0.1) is 5.82 Å². The molecule has 0 aromatic heterocycles. The van der Waals surface area contributed by atoms with E-state index in [4.69, 9.17) is 4.74 Å². The summed E-state index contributed by atoms with van der Waals surface area (Å²) < 4.78 is 18.9. The highest BCUT2D eigenvalue weighted by molar-refractivity contribution is 5.67. The number of halogens is 1. The molecule has 0 aliphatic heterocycles. The number of hydrogen-bond acceptors (Lipinski definition) is 3. The first-order valence-corrected chi connectivity index (χ1v) is 7.39. The van der Waals surface area contributed by atoms with Crippen LogP contribution in [-0.4, -0.2) is 35.8 Å². The van der Waals surface area contributed by atoms with Crippen molar-refractivity contribution in [2.45, 2.75) is 19.1 Å². The maximum Gasteiger partial charge on any atom is 0.410 e. The van der Waals surface area contributed by atoms with Gasteiger partial charge in [0.05, 0.1) is 12.6 Å². The Morgan fingerprint density at radius 2 is 1.83 bits per heavy atom.